The molecule has 2 amide bonds. The van der Waals surface area contributed by atoms with Gasteiger partial charge in [-0.15, -0.1) is 0 Å². The van der Waals surface area contributed by atoms with E-state index in [-0.39, 0.29) is 17.3 Å². The van der Waals surface area contributed by atoms with Gasteiger partial charge in [0.05, 0.1) is 7.11 Å². The fourth-order valence-corrected chi connectivity index (χ4v) is 3.07. The van der Waals surface area contributed by atoms with E-state index >= 15 is 0 Å². The van der Waals surface area contributed by atoms with Gasteiger partial charge in [0.1, 0.15) is 17.7 Å². The molecular weight excluding hydrogens is 312 g/mol. The Morgan fingerprint density at radius 1 is 1.25 bits per heavy atom. The molecule has 2 atom stereocenters. The Morgan fingerprint density at radius 2 is 1.83 bits per heavy atom. The van der Waals surface area contributed by atoms with Gasteiger partial charge in [-0.2, -0.15) is 0 Å². The van der Waals surface area contributed by atoms with Crippen molar-refractivity contribution in [3.05, 3.63) is 0 Å². The van der Waals surface area contributed by atoms with Crippen LogP contribution in [0.3, 0.4) is 0 Å². The van der Waals surface area contributed by atoms with E-state index in [1.54, 1.807) is 32.6 Å². The van der Waals surface area contributed by atoms with E-state index in [0.717, 1.165) is 12.8 Å². The van der Waals surface area contributed by atoms with Gasteiger partial charge in [0, 0.05) is 13.6 Å². The Kier molecular flexibility index (Phi) is 4.84. The lowest BCUT2D eigenvalue weighted by Crippen LogP contribution is -2.52. The van der Waals surface area contributed by atoms with E-state index in [2.05, 4.69) is 0 Å². The Balaban J connectivity index is 2.08. The van der Waals surface area contributed by atoms with Crippen LogP contribution in [0, 0.1) is 5.41 Å². The van der Waals surface area contributed by atoms with Crippen molar-refractivity contribution in [2.45, 2.75) is 64.6 Å². The number of esters is 1. The first-order valence-electron chi connectivity index (χ1n) is 8.34. The van der Waals surface area contributed by atoms with Gasteiger partial charge >= 0.3 is 12.1 Å². The van der Waals surface area contributed by atoms with Gasteiger partial charge in [0.25, 0.3) is 0 Å². The van der Waals surface area contributed by atoms with Crippen molar-refractivity contribution in [3.63, 3.8) is 0 Å². The van der Waals surface area contributed by atoms with E-state index < -0.39 is 23.8 Å². The van der Waals surface area contributed by atoms with E-state index in [4.69, 9.17) is 9.47 Å². The van der Waals surface area contributed by atoms with Gasteiger partial charge in [-0.3, -0.25) is 9.69 Å². The molecule has 1 aliphatic heterocycles. The van der Waals surface area contributed by atoms with Crippen LogP contribution in [0.4, 0.5) is 4.79 Å². The number of methoxy groups -OCH3 is 1. The molecule has 1 heterocycles. The lowest BCUT2D eigenvalue weighted by molar-refractivity contribution is -0.152. The van der Waals surface area contributed by atoms with Crippen LogP contribution in [0.1, 0.15) is 47.0 Å². The predicted octanol–water partition coefficient (Wildman–Crippen LogP) is 1.80. The van der Waals surface area contributed by atoms with Crippen LogP contribution in [-0.4, -0.2) is 66.2 Å². The molecule has 1 saturated carbocycles. The lowest BCUT2D eigenvalue weighted by Gasteiger charge is -2.32. The molecule has 24 heavy (non-hydrogen) atoms. The van der Waals surface area contributed by atoms with E-state index in [0.29, 0.717) is 13.0 Å². The molecule has 7 nitrogen and oxygen atoms in total. The minimum absolute atomic E-state index is 0.0682. The smallest absolute Gasteiger partial charge is 0.410 e. The third-order valence-electron chi connectivity index (χ3n) is 4.84. The second-order valence-corrected chi connectivity index (χ2v) is 7.98. The van der Waals surface area contributed by atoms with Crippen LogP contribution in [0.2, 0.25) is 0 Å². The minimum Gasteiger partial charge on any atom is -0.467 e. The van der Waals surface area contributed by atoms with Crippen molar-refractivity contribution in [1.82, 2.24) is 9.80 Å². The molecule has 0 radical (unpaired) electrons. The molecule has 2 fully saturated rings. The van der Waals surface area contributed by atoms with Gasteiger partial charge < -0.3 is 14.4 Å². The van der Waals surface area contributed by atoms with E-state index in [1.807, 2.05) is 0 Å². The third kappa shape index (κ3) is 3.82. The number of likely N-dealkylation sites (N-methyl/N-ethyl adjacent to an activating group) is 1. The molecule has 1 aliphatic carbocycles. The maximum atomic E-state index is 12.9. The quantitative estimate of drug-likeness (QED) is 0.732. The van der Waals surface area contributed by atoms with Crippen LogP contribution >= 0.6 is 0 Å². The Labute approximate surface area is 143 Å². The van der Waals surface area contributed by atoms with Gasteiger partial charge in [0.2, 0.25) is 5.91 Å². The minimum atomic E-state index is -0.707. The largest absolute Gasteiger partial charge is 0.467 e. The summed E-state index contributed by atoms with van der Waals surface area (Å²) in [6.45, 7) is 7.53. The number of rotatable bonds is 3. The SMILES string of the molecule is COC(=O)[C@@H]1CC2(CC2)CN1C(=O)[C@H](C)N(C)C(=O)OC(C)(C)C. The maximum absolute atomic E-state index is 12.9. The summed E-state index contributed by atoms with van der Waals surface area (Å²) in [6.07, 6.45) is 2.15. The average molecular weight is 340 g/mol. The second kappa shape index (κ2) is 6.26. The van der Waals surface area contributed by atoms with Gasteiger partial charge in [-0.05, 0) is 52.4 Å². The topological polar surface area (TPSA) is 76.2 Å². The number of hydrogen-bond acceptors (Lipinski definition) is 5. The molecule has 0 aromatic heterocycles. The fraction of sp³-hybridized carbons (Fsp3) is 0.824. The van der Waals surface area contributed by atoms with Crippen LogP contribution in [-0.2, 0) is 19.1 Å². The summed E-state index contributed by atoms with van der Waals surface area (Å²) < 4.78 is 10.2. The standard InChI is InChI=1S/C17H28N2O5/c1-11(18(5)15(22)24-16(2,3)4)13(20)19-10-17(7-8-17)9-12(19)14(21)23-6/h11-12H,7-10H2,1-6H3/t11-,12-/m0/s1. The first kappa shape index (κ1) is 18.5. The summed E-state index contributed by atoms with van der Waals surface area (Å²) in [7, 11) is 2.87. The number of nitrogens with zero attached hydrogens (tertiary/aromatic N) is 2. The Bertz CT molecular complexity index is 536. The van der Waals surface area contributed by atoms with E-state index in [9.17, 15) is 14.4 Å². The van der Waals surface area contributed by atoms with Gasteiger partial charge in [-0.1, -0.05) is 0 Å². The number of amides is 2. The summed E-state index contributed by atoms with van der Waals surface area (Å²) >= 11 is 0. The van der Waals surface area contributed by atoms with Crippen LogP contribution < -0.4 is 0 Å². The molecule has 136 valence electrons. The highest BCUT2D eigenvalue weighted by molar-refractivity contribution is 5.90. The summed E-state index contributed by atoms with van der Waals surface area (Å²) in [5, 5.41) is 0. The first-order valence-corrected chi connectivity index (χ1v) is 8.34. The fourth-order valence-electron chi connectivity index (χ4n) is 3.07. The molecule has 0 N–H and O–H groups in total. The summed E-state index contributed by atoms with van der Waals surface area (Å²) in [4.78, 5) is 39.9. The highest BCUT2D eigenvalue weighted by Crippen LogP contribution is 2.55. The normalized spacial score (nSPS) is 22.9. The second-order valence-electron chi connectivity index (χ2n) is 7.98. The Morgan fingerprint density at radius 3 is 2.29 bits per heavy atom. The molecular formula is C17H28N2O5. The van der Waals surface area contributed by atoms with E-state index in [1.165, 1.54) is 19.1 Å². The third-order valence-corrected chi connectivity index (χ3v) is 4.84. The van der Waals surface area contributed by atoms with Crippen molar-refractivity contribution < 1.29 is 23.9 Å². The molecule has 0 aromatic rings. The zero-order valence-corrected chi connectivity index (χ0v) is 15.4. The summed E-state index contributed by atoms with van der Waals surface area (Å²) in [5.41, 5.74) is -0.562. The molecule has 1 saturated heterocycles. The Hall–Kier alpha value is -1.79. The van der Waals surface area contributed by atoms with Gasteiger partial charge in [-0.25, -0.2) is 9.59 Å². The molecule has 0 bridgehead atoms. The molecule has 2 aliphatic rings. The predicted molar refractivity (Wildman–Crippen MR) is 87.3 cm³/mol. The number of ether oxygens (including phenoxy) is 2. The molecule has 1 spiro atoms. The number of carbonyl (C=O) groups excluding carboxylic acids is 3. The van der Waals surface area contributed by atoms with Crippen molar-refractivity contribution in [2.24, 2.45) is 5.41 Å². The lowest BCUT2D eigenvalue weighted by atomic mass is 10.0. The highest BCUT2D eigenvalue weighted by Gasteiger charge is 2.56. The van der Waals surface area contributed by atoms with Crippen molar-refractivity contribution >= 4 is 18.0 Å². The summed E-state index contributed by atoms with van der Waals surface area (Å²) in [6, 6.07) is -1.26. The van der Waals surface area contributed by atoms with Crippen molar-refractivity contribution in [3.8, 4) is 0 Å². The van der Waals surface area contributed by atoms with Crippen molar-refractivity contribution in [1.29, 1.82) is 0 Å². The van der Waals surface area contributed by atoms with Crippen LogP contribution in [0.25, 0.3) is 0 Å². The van der Waals surface area contributed by atoms with Crippen LogP contribution in [0.15, 0.2) is 0 Å². The van der Waals surface area contributed by atoms with Gasteiger partial charge in [0.15, 0.2) is 0 Å². The molecule has 0 unspecified atom stereocenters. The molecule has 0 aromatic carbocycles. The maximum Gasteiger partial charge on any atom is 0.410 e. The first-order chi connectivity index (χ1) is 11.0. The number of hydrogen-bond donors (Lipinski definition) is 0. The zero-order valence-electron chi connectivity index (χ0n) is 15.4. The summed E-state index contributed by atoms with van der Waals surface area (Å²) in [5.74, 6) is -0.637. The number of likely N-dealkylation sites (tertiary alicyclic amines) is 1. The van der Waals surface area contributed by atoms with Crippen molar-refractivity contribution in [2.75, 3.05) is 20.7 Å². The average Bonchev–Trinajstić information content (AvgIpc) is 3.13. The van der Waals surface area contributed by atoms with Crippen LogP contribution in [0.5, 0.6) is 0 Å². The highest BCUT2D eigenvalue weighted by atomic mass is 16.6. The monoisotopic (exact) mass is 340 g/mol. The molecule has 2 rings (SSSR count). The zero-order chi connectivity index (χ0) is 18.3. The molecule has 7 heteroatoms. The number of carbonyl (C=O) groups is 3.